The van der Waals surface area contributed by atoms with Crippen molar-refractivity contribution in [1.82, 2.24) is 4.90 Å². The Hall–Kier alpha value is -0.770. The molecule has 1 heterocycles. The van der Waals surface area contributed by atoms with Gasteiger partial charge in [-0.15, -0.1) is 0 Å². The van der Waals surface area contributed by atoms with Crippen LogP contribution in [0.1, 0.15) is 53.4 Å². The first-order chi connectivity index (χ1) is 8.39. The molecule has 0 spiro atoms. The molecule has 0 bridgehead atoms. The summed E-state index contributed by atoms with van der Waals surface area (Å²) in [7, 11) is 0. The average molecular weight is 256 g/mol. The second kappa shape index (κ2) is 6.41. The van der Waals surface area contributed by atoms with Gasteiger partial charge in [0.25, 0.3) is 0 Å². The highest BCUT2D eigenvalue weighted by atomic mass is 16.6. The zero-order valence-electron chi connectivity index (χ0n) is 12.2. The lowest BCUT2D eigenvalue weighted by atomic mass is 9.89. The fraction of sp³-hybridized carbons (Fsp3) is 0.929. The van der Waals surface area contributed by atoms with Crippen LogP contribution >= 0.6 is 0 Å². The first-order valence-electron chi connectivity index (χ1n) is 7.08. The Morgan fingerprint density at radius 3 is 2.61 bits per heavy atom. The standard InChI is InChI=1S/C14H28N2O2/c1-5-11(10-15)12-8-6-7-9-16(12)13(17)18-14(2,3)4/h11-12H,5-10,15H2,1-4H3. The number of rotatable bonds is 3. The van der Waals surface area contributed by atoms with Crippen LogP contribution in [0.5, 0.6) is 0 Å². The molecule has 106 valence electrons. The molecular formula is C14H28N2O2. The molecule has 1 amide bonds. The van der Waals surface area contributed by atoms with Crippen LogP contribution in [-0.4, -0.2) is 35.7 Å². The summed E-state index contributed by atoms with van der Waals surface area (Å²) in [5, 5.41) is 0. The number of hydrogen-bond donors (Lipinski definition) is 1. The van der Waals surface area contributed by atoms with Crippen LogP contribution in [0.3, 0.4) is 0 Å². The maximum absolute atomic E-state index is 12.2. The minimum absolute atomic E-state index is 0.181. The van der Waals surface area contributed by atoms with E-state index in [1.54, 1.807) is 0 Å². The van der Waals surface area contributed by atoms with E-state index < -0.39 is 5.60 Å². The molecule has 0 aromatic carbocycles. The molecule has 2 atom stereocenters. The van der Waals surface area contributed by atoms with E-state index in [2.05, 4.69) is 6.92 Å². The topological polar surface area (TPSA) is 55.6 Å². The van der Waals surface area contributed by atoms with Crippen molar-refractivity contribution in [2.75, 3.05) is 13.1 Å². The number of nitrogens with zero attached hydrogens (tertiary/aromatic N) is 1. The van der Waals surface area contributed by atoms with Gasteiger partial charge in [-0.05, 0) is 52.5 Å². The van der Waals surface area contributed by atoms with Crippen molar-refractivity contribution in [3.05, 3.63) is 0 Å². The fourth-order valence-corrected chi connectivity index (χ4v) is 2.59. The summed E-state index contributed by atoms with van der Waals surface area (Å²) in [5.74, 6) is 0.387. The van der Waals surface area contributed by atoms with Crippen LogP contribution in [0.4, 0.5) is 4.79 Å². The Morgan fingerprint density at radius 2 is 2.11 bits per heavy atom. The van der Waals surface area contributed by atoms with E-state index >= 15 is 0 Å². The van der Waals surface area contributed by atoms with Crippen LogP contribution in [0, 0.1) is 5.92 Å². The van der Waals surface area contributed by atoms with E-state index in [0.717, 1.165) is 25.8 Å². The number of carbonyl (C=O) groups excluding carboxylic acids is 1. The lowest BCUT2D eigenvalue weighted by Gasteiger charge is -2.40. The molecule has 1 aliphatic heterocycles. The van der Waals surface area contributed by atoms with Gasteiger partial charge in [0.15, 0.2) is 0 Å². The summed E-state index contributed by atoms with van der Waals surface area (Å²) in [5.41, 5.74) is 5.40. The highest BCUT2D eigenvalue weighted by Crippen LogP contribution is 2.26. The second-order valence-electron chi connectivity index (χ2n) is 6.14. The minimum Gasteiger partial charge on any atom is -0.444 e. The summed E-state index contributed by atoms with van der Waals surface area (Å²) >= 11 is 0. The van der Waals surface area contributed by atoms with E-state index in [4.69, 9.17) is 10.5 Å². The third-order valence-electron chi connectivity index (χ3n) is 3.55. The van der Waals surface area contributed by atoms with Crippen LogP contribution in [0.15, 0.2) is 0 Å². The number of amides is 1. The second-order valence-corrected chi connectivity index (χ2v) is 6.14. The summed E-state index contributed by atoms with van der Waals surface area (Å²) in [6.45, 7) is 9.30. The van der Waals surface area contributed by atoms with Gasteiger partial charge in [0.1, 0.15) is 5.60 Å². The average Bonchev–Trinajstić information content (AvgIpc) is 2.29. The Labute approximate surface area is 111 Å². The molecule has 0 aliphatic carbocycles. The van der Waals surface area contributed by atoms with E-state index in [0.29, 0.717) is 12.5 Å². The van der Waals surface area contributed by atoms with Gasteiger partial charge in [-0.1, -0.05) is 13.3 Å². The van der Waals surface area contributed by atoms with E-state index in [-0.39, 0.29) is 12.1 Å². The van der Waals surface area contributed by atoms with E-state index in [9.17, 15) is 4.79 Å². The number of carbonyl (C=O) groups is 1. The van der Waals surface area contributed by atoms with Crippen molar-refractivity contribution in [3.63, 3.8) is 0 Å². The summed E-state index contributed by atoms with van der Waals surface area (Å²) in [6, 6.07) is 0.253. The van der Waals surface area contributed by atoms with Crippen molar-refractivity contribution >= 4 is 6.09 Å². The third-order valence-corrected chi connectivity index (χ3v) is 3.55. The van der Waals surface area contributed by atoms with Crippen LogP contribution in [0.2, 0.25) is 0 Å². The van der Waals surface area contributed by atoms with Crippen LogP contribution in [-0.2, 0) is 4.74 Å². The number of hydrogen-bond acceptors (Lipinski definition) is 3. The van der Waals surface area contributed by atoms with Crippen molar-refractivity contribution in [3.8, 4) is 0 Å². The lowest BCUT2D eigenvalue weighted by Crippen LogP contribution is -2.50. The van der Waals surface area contributed by atoms with E-state index in [1.807, 2.05) is 25.7 Å². The predicted octanol–water partition coefficient (Wildman–Crippen LogP) is 2.76. The molecular weight excluding hydrogens is 228 g/mol. The van der Waals surface area contributed by atoms with Gasteiger partial charge in [-0.2, -0.15) is 0 Å². The van der Waals surface area contributed by atoms with Gasteiger partial charge < -0.3 is 15.4 Å². The molecule has 4 nitrogen and oxygen atoms in total. The van der Waals surface area contributed by atoms with Gasteiger partial charge >= 0.3 is 6.09 Å². The number of piperidine rings is 1. The minimum atomic E-state index is -0.427. The van der Waals surface area contributed by atoms with Crippen molar-refractivity contribution in [2.24, 2.45) is 11.7 Å². The molecule has 0 aromatic heterocycles. The Bertz CT molecular complexity index is 269. The summed E-state index contributed by atoms with van der Waals surface area (Å²) in [4.78, 5) is 14.1. The molecule has 1 rings (SSSR count). The quantitative estimate of drug-likeness (QED) is 0.844. The van der Waals surface area contributed by atoms with Crippen LogP contribution < -0.4 is 5.73 Å². The SMILES string of the molecule is CCC(CN)C1CCCCN1C(=O)OC(C)(C)C. The molecule has 4 heteroatoms. The zero-order chi connectivity index (χ0) is 13.8. The molecule has 2 N–H and O–H groups in total. The predicted molar refractivity (Wildman–Crippen MR) is 73.4 cm³/mol. The Balaban J connectivity index is 2.72. The molecule has 1 fully saturated rings. The largest absolute Gasteiger partial charge is 0.444 e. The molecule has 0 saturated carbocycles. The van der Waals surface area contributed by atoms with Crippen molar-refractivity contribution < 1.29 is 9.53 Å². The first kappa shape index (κ1) is 15.3. The maximum Gasteiger partial charge on any atom is 0.410 e. The van der Waals surface area contributed by atoms with Crippen molar-refractivity contribution in [1.29, 1.82) is 0 Å². The summed E-state index contributed by atoms with van der Waals surface area (Å²) < 4.78 is 5.49. The van der Waals surface area contributed by atoms with Gasteiger partial charge in [-0.25, -0.2) is 4.79 Å². The molecule has 1 saturated heterocycles. The lowest BCUT2D eigenvalue weighted by molar-refractivity contribution is 0.00176. The molecule has 1 aliphatic rings. The van der Waals surface area contributed by atoms with Gasteiger partial charge in [-0.3, -0.25) is 0 Å². The normalized spacial score (nSPS) is 22.7. The molecule has 0 aromatic rings. The van der Waals surface area contributed by atoms with Crippen LogP contribution in [0.25, 0.3) is 0 Å². The molecule has 0 radical (unpaired) electrons. The number of ether oxygens (including phenoxy) is 1. The first-order valence-corrected chi connectivity index (χ1v) is 7.08. The van der Waals surface area contributed by atoms with Gasteiger partial charge in [0, 0.05) is 12.6 Å². The molecule has 2 unspecified atom stereocenters. The zero-order valence-corrected chi connectivity index (χ0v) is 12.2. The number of likely N-dealkylation sites (tertiary alicyclic amines) is 1. The maximum atomic E-state index is 12.2. The Kier molecular flexibility index (Phi) is 5.45. The fourth-order valence-electron chi connectivity index (χ4n) is 2.59. The van der Waals surface area contributed by atoms with Crippen molar-refractivity contribution in [2.45, 2.75) is 65.0 Å². The molecule has 18 heavy (non-hydrogen) atoms. The highest BCUT2D eigenvalue weighted by Gasteiger charge is 2.33. The highest BCUT2D eigenvalue weighted by molar-refractivity contribution is 5.68. The Morgan fingerprint density at radius 1 is 1.44 bits per heavy atom. The summed E-state index contributed by atoms with van der Waals surface area (Å²) in [6.07, 6.45) is 4.13. The van der Waals surface area contributed by atoms with E-state index in [1.165, 1.54) is 6.42 Å². The van der Waals surface area contributed by atoms with Gasteiger partial charge in [0.2, 0.25) is 0 Å². The van der Waals surface area contributed by atoms with Gasteiger partial charge in [0.05, 0.1) is 0 Å². The smallest absolute Gasteiger partial charge is 0.410 e. The third kappa shape index (κ3) is 4.16. The monoisotopic (exact) mass is 256 g/mol. The number of nitrogens with two attached hydrogens (primary N) is 1.